The SMILES string of the molecule is CCCc1[nH]ncc1C(=O)N1CCN(c2ccccc2OC)C(C)(C)C1. The molecule has 2 aromatic rings. The Kier molecular flexibility index (Phi) is 5.20. The highest BCUT2D eigenvalue weighted by molar-refractivity contribution is 5.95. The topological polar surface area (TPSA) is 61.5 Å². The third-order valence-corrected chi connectivity index (χ3v) is 5.01. The third kappa shape index (κ3) is 3.41. The minimum Gasteiger partial charge on any atom is -0.495 e. The Morgan fingerprint density at radius 2 is 2.08 bits per heavy atom. The van der Waals surface area contributed by atoms with Gasteiger partial charge in [0.15, 0.2) is 0 Å². The normalized spacial score (nSPS) is 16.6. The number of aromatic nitrogens is 2. The van der Waals surface area contributed by atoms with E-state index in [0.717, 1.165) is 36.5 Å². The van der Waals surface area contributed by atoms with Crippen molar-refractivity contribution < 1.29 is 9.53 Å². The summed E-state index contributed by atoms with van der Waals surface area (Å²) in [6.07, 6.45) is 3.48. The van der Waals surface area contributed by atoms with E-state index >= 15 is 0 Å². The number of aromatic amines is 1. The van der Waals surface area contributed by atoms with Crippen molar-refractivity contribution in [2.75, 3.05) is 31.6 Å². The van der Waals surface area contributed by atoms with Gasteiger partial charge >= 0.3 is 0 Å². The number of methoxy groups -OCH3 is 1. The van der Waals surface area contributed by atoms with Gasteiger partial charge in [-0.1, -0.05) is 25.5 Å². The van der Waals surface area contributed by atoms with Crippen LogP contribution in [0.15, 0.2) is 30.5 Å². The zero-order valence-corrected chi connectivity index (χ0v) is 16.1. The maximum Gasteiger partial charge on any atom is 0.257 e. The van der Waals surface area contributed by atoms with Crippen molar-refractivity contribution in [2.45, 2.75) is 39.2 Å². The van der Waals surface area contributed by atoms with Crippen molar-refractivity contribution in [3.63, 3.8) is 0 Å². The number of hydrogen-bond acceptors (Lipinski definition) is 4. The number of nitrogens with one attached hydrogen (secondary N) is 1. The molecule has 26 heavy (non-hydrogen) atoms. The van der Waals surface area contributed by atoms with Crippen LogP contribution in [0.25, 0.3) is 0 Å². The van der Waals surface area contributed by atoms with Crippen LogP contribution in [0.2, 0.25) is 0 Å². The average molecular weight is 356 g/mol. The van der Waals surface area contributed by atoms with Crippen LogP contribution < -0.4 is 9.64 Å². The van der Waals surface area contributed by atoms with Crippen LogP contribution in [0.4, 0.5) is 5.69 Å². The van der Waals surface area contributed by atoms with Crippen LogP contribution in [-0.4, -0.2) is 53.3 Å². The number of para-hydroxylation sites is 2. The number of piperazine rings is 1. The number of carbonyl (C=O) groups excluding carboxylic acids is 1. The summed E-state index contributed by atoms with van der Waals surface area (Å²) >= 11 is 0. The number of carbonyl (C=O) groups is 1. The highest BCUT2D eigenvalue weighted by Crippen LogP contribution is 2.35. The molecule has 1 saturated heterocycles. The summed E-state index contributed by atoms with van der Waals surface area (Å²) in [5.41, 5.74) is 2.51. The molecule has 3 rings (SSSR count). The average Bonchev–Trinajstić information content (AvgIpc) is 3.09. The fourth-order valence-electron chi connectivity index (χ4n) is 3.74. The molecule has 1 amide bonds. The van der Waals surface area contributed by atoms with Crippen molar-refractivity contribution in [1.82, 2.24) is 15.1 Å². The monoisotopic (exact) mass is 356 g/mol. The van der Waals surface area contributed by atoms with Crippen LogP contribution in [0.3, 0.4) is 0 Å². The van der Waals surface area contributed by atoms with Crippen LogP contribution in [-0.2, 0) is 6.42 Å². The first-order valence-electron chi connectivity index (χ1n) is 9.20. The van der Waals surface area contributed by atoms with E-state index in [2.05, 4.69) is 41.9 Å². The molecule has 0 spiro atoms. The van der Waals surface area contributed by atoms with E-state index in [0.29, 0.717) is 18.7 Å². The van der Waals surface area contributed by atoms with Gasteiger partial charge in [0.05, 0.1) is 30.1 Å². The number of H-pyrrole nitrogens is 1. The molecule has 1 fully saturated rings. The van der Waals surface area contributed by atoms with Gasteiger partial charge in [-0.25, -0.2) is 0 Å². The van der Waals surface area contributed by atoms with Gasteiger partial charge in [0.1, 0.15) is 5.75 Å². The Hall–Kier alpha value is -2.50. The molecule has 140 valence electrons. The first-order chi connectivity index (χ1) is 12.5. The number of benzene rings is 1. The van der Waals surface area contributed by atoms with Gasteiger partial charge in [0, 0.05) is 25.3 Å². The van der Waals surface area contributed by atoms with Crippen LogP contribution in [0.1, 0.15) is 43.2 Å². The summed E-state index contributed by atoms with van der Waals surface area (Å²) in [5.74, 6) is 0.926. The summed E-state index contributed by atoms with van der Waals surface area (Å²) in [6.45, 7) is 8.53. The molecule has 0 atom stereocenters. The molecule has 6 heteroatoms. The predicted molar refractivity (Wildman–Crippen MR) is 103 cm³/mol. The Morgan fingerprint density at radius 1 is 1.31 bits per heavy atom. The third-order valence-electron chi connectivity index (χ3n) is 5.01. The summed E-state index contributed by atoms with van der Waals surface area (Å²) in [7, 11) is 1.69. The van der Waals surface area contributed by atoms with E-state index in [1.807, 2.05) is 23.1 Å². The van der Waals surface area contributed by atoms with Crippen molar-refractivity contribution >= 4 is 11.6 Å². The van der Waals surface area contributed by atoms with Crippen LogP contribution >= 0.6 is 0 Å². The van der Waals surface area contributed by atoms with E-state index in [-0.39, 0.29) is 11.4 Å². The first kappa shape index (κ1) is 18.3. The van der Waals surface area contributed by atoms with Crippen LogP contribution in [0, 0.1) is 0 Å². The molecule has 1 aromatic carbocycles. The van der Waals surface area contributed by atoms with Crippen molar-refractivity contribution in [2.24, 2.45) is 0 Å². The Balaban J connectivity index is 1.80. The van der Waals surface area contributed by atoms with Gasteiger partial charge < -0.3 is 14.5 Å². The molecule has 0 aliphatic carbocycles. The Bertz CT molecular complexity index is 769. The zero-order chi connectivity index (χ0) is 18.7. The summed E-state index contributed by atoms with van der Waals surface area (Å²) in [6, 6.07) is 8.05. The number of rotatable bonds is 5. The number of hydrogen-bond donors (Lipinski definition) is 1. The molecule has 0 radical (unpaired) electrons. The van der Waals surface area contributed by atoms with Crippen molar-refractivity contribution in [1.29, 1.82) is 0 Å². The van der Waals surface area contributed by atoms with E-state index in [9.17, 15) is 4.79 Å². The Labute approximate surface area is 155 Å². The molecule has 0 unspecified atom stereocenters. The second-order valence-electron chi connectivity index (χ2n) is 7.37. The number of anilines is 1. The van der Waals surface area contributed by atoms with Crippen LogP contribution in [0.5, 0.6) is 5.75 Å². The second-order valence-corrected chi connectivity index (χ2v) is 7.37. The summed E-state index contributed by atoms with van der Waals surface area (Å²) in [5, 5.41) is 7.05. The van der Waals surface area contributed by atoms with E-state index in [1.165, 1.54) is 0 Å². The molecule has 1 aliphatic heterocycles. The van der Waals surface area contributed by atoms with Gasteiger partial charge in [0.25, 0.3) is 5.91 Å². The summed E-state index contributed by atoms with van der Waals surface area (Å²) in [4.78, 5) is 17.3. The van der Waals surface area contributed by atoms with Gasteiger partial charge in [-0.05, 0) is 32.4 Å². The lowest BCUT2D eigenvalue weighted by atomic mass is 9.96. The minimum absolute atomic E-state index is 0.0648. The van der Waals surface area contributed by atoms with E-state index in [4.69, 9.17) is 4.74 Å². The number of nitrogens with zero attached hydrogens (tertiary/aromatic N) is 3. The minimum atomic E-state index is -0.197. The lowest BCUT2D eigenvalue weighted by Gasteiger charge is -2.48. The standard InChI is InChI=1S/C20H28N4O2/c1-5-8-16-15(13-21-22-16)19(25)23-11-12-24(20(2,3)14-23)17-9-6-7-10-18(17)26-4/h6-7,9-10,13H,5,8,11-12,14H2,1-4H3,(H,21,22). The fourth-order valence-corrected chi connectivity index (χ4v) is 3.74. The van der Waals surface area contributed by atoms with Gasteiger partial charge in [-0.15, -0.1) is 0 Å². The van der Waals surface area contributed by atoms with Crippen molar-refractivity contribution in [3.05, 3.63) is 41.7 Å². The molecule has 0 saturated carbocycles. The highest BCUT2D eigenvalue weighted by Gasteiger charge is 2.37. The molecule has 1 N–H and O–H groups in total. The number of amides is 1. The lowest BCUT2D eigenvalue weighted by Crippen LogP contribution is -2.60. The number of aryl methyl sites for hydroxylation is 1. The van der Waals surface area contributed by atoms with Crippen molar-refractivity contribution in [3.8, 4) is 5.75 Å². The van der Waals surface area contributed by atoms with E-state index in [1.54, 1.807) is 13.3 Å². The largest absolute Gasteiger partial charge is 0.495 e. The highest BCUT2D eigenvalue weighted by atomic mass is 16.5. The molecule has 1 aliphatic rings. The fraction of sp³-hybridized carbons (Fsp3) is 0.500. The second kappa shape index (κ2) is 7.40. The maximum absolute atomic E-state index is 13.0. The lowest BCUT2D eigenvalue weighted by molar-refractivity contribution is 0.0684. The zero-order valence-electron chi connectivity index (χ0n) is 16.1. The summed E-state index contributed by atoms with van der Waals surface area (Å²) < 4.78 is 5.53. The first-order valence-corrected chi connectivity index (χ1v) is 9.20. The molecule has 2 heterocycles. The molecule has 0 bridgehead atoms. The van der Waals surface area contributed by atoms with Gasteiger partial charge in [-0.2, -0.15) is 5.10 Å². The van der Waals surface area contributed by atoms with Gasteiger partial charge in [0.2, 0.25) is 0 Å². The van der Waals surface area contributed by atoms with Gasteiger partial charge in [-0.3, -0.25) is 9.89 Å². The maximum atomic E-state index is 13.0. The quantitative estimate of drug-likeness (QED) is 0.894. The molecule has 6 nitrogen and oxygen atoms in total. The molecule has 1 aromatic heterocycles. The Morgan fingerprint density at radius 3 is 2.77 bits per heavy atom. The molecular weight excluding hydrogens is 328 g/mol. The number of ether oxygens (including phenoxy) is 1. The van der Waals surface area contributed by atoms with E-state index < -0.39 is 0 Å². The predicted octanol–water partition coefficient (Wildman–Crippen LogP) is 3.11. The molecular formula is C20H28N4O2. The smallest absolute Gasteiger partial charge is 0.257 e.